The van der Waals surface area contributed by atoms with Gasteiger partial charge in [0.25, 0.3) is 11.5 Å². The number of aromatic nitrogens is 2. The van der Waals surface area contributed by atoms with Crippen LogP contribution in [-0.2, 0) is 18.3 Å². The summed E-state index contributed by atoms with van der Waals surface area (Å²) in [6.45, 7) is 0.523. The van der Waals surface area contributed by atoms with Crippen LogP contribution >= 0.6 is 0 Å². The number of H-pyrrole nitrogens is 1. The van der Waals surface area contributed by atoms with Gasteiger partial charge >= 0.3 is 11.7 Å². The highest BCUT2D eigenvalue weighted by molar-refractivity contribution is 5.96. The summed E-state index contributed by atoms with van der Waals surface area (Å²) < 4.78 is 6.87. The van der Waals surface area contributed by atoms with Crippen LogP contribution in [0, 0.1) is 0 Å². The van der Waals surface area contributed by atoms with Gasteiger partial charge in [-0.3, -0.25) is 24.5 Å². The van der Waals surface area contributed by atoms with Crippen molar-refractivity contribution in [2.75, 3.05) is 23.4 Å². The fraction of sp³-hybridized carbons (Fsp3) is 0.217. The monoisotopic (exact) mass is 447 g/mol. The molecule has 10 heteroatoms. The first kappa shape index (κ1) is 20.6. The average molecular weight is 447 g/mol. The Hall–Kier alpha value is -4.34. The first-order chi connectivity index (χ1) is 15.9. The highest BCUT2D eigenvalue weighted by Gasteiger charge is 2.31. The number of urea groups is 1. The maximum absolute atomic E-state index is 12.6. The summed E-state index contributed by atoms with van der Waals surface area (Å²) in [7, 11) is 1.46. The smallest absolute Gasteiger partial charge is 0.329 e. The maximum Gasteiger partial charge on any atom is 0.329 e. The Kier molecular flexibility index (Phi) is 4.97. The standard InChI is InChI=1S/C23H21N5O5/c1-27-20-18(21(30)26-23(27)32)19(24-22(31)25-20)14-6-8-15(9-7-14)33-12-17(29)28-11-10-13-4-2-3-5-16(13)28/h2-9,19H,10-12H2,1H3,(H2,24,25,31)(H,26,30,32)/t19-/m1/s1. The number of para-hydroxylation sites is 1. The van der Waals surface area contributed by atoms with E-state index in [1.807, 2.05) is 24.3 Å². The van der Waals surface area contributed by atoms with Crippen molar-refractivity contribution in [2.24, 2.45) is 7.05 Å². The lowest BCUT2D eigenvalue weighted by Gasteiger charge is -2.27. The Balaban J connectivity index is 1.33. The minimum Gasteiger partial charge on any atom is -0.484 e. The van der Waals surface area contributed by atoms with Crippen molar-refractivity contribution in [3.05, 3.63) is 86.1 Å². The van der Waals surface area contributed by atoms with Crippen LogP contribution in [0.4, 0.5) is 16.3 Å². The second kappa shape index (κ2) is 7.97. The zero-order valence-electron chi connectivity index (χ0n) is 17.8. The zero-order chi connectivity index (χ0) is 23.1. The van der Waals surface area contributed by atoms with Crippen LogP contribution in [0.3, 0.4) is 0 Å². The van der Waals surface area contributed by atoms with Gasteiger partial charge in [-0.2, -0.15) is 0 Å². The highest BCUT2D eigenvalue weighted by Crippen LogP contribution is 2.30. The third kappa shape index (κ3) is 3.65. The number of rotatable bonds is 4. The molecule has 2 aliphatic heterocycles. The topological polar surface area (TPSA) is 126 Å². The van der Waals surface area contributed by atoms with Gasteiger partial charge in [0.1, 0.15) is 11.6 Å². The van der Waals surface area contributed by atoms with Gasteiger partial charge in [0.15, 0.2) is 6.61 Å². The van der Waals surface area contributed by atoms with Crippen molar-refractivity contribution in [1.82, 2.24) is 14.9 Å². The summed E-state index contributed by atoms with van der Waals surface area (Å²) in [4.78, 5) is 53.1. The molecule has 1 aromatic heterocycles. The fourth-order valence-electron chi connectivity index (χ4n) is 4.23. The summed E-state index contributed by atoms with van der Waals surface area (Å²) in [5, 5.41) is 5.22. The number of carbonyl (C=O) groups excluding carboxylic acids is 2. The van der Waals surface area contributed by atoms with Crippen molar-refractivity contribution in [3.63, 3.8) is 0 Å². The Morgan fingerprint density at radius 2 is 1.85 bits per heavy atom. The molecule has 3 N–H and O–H groups in total. The van der Waals surface area contributed by atoms with Crippen LogP contribution < -0.4 is 31.5 Å². The molecule has 3 amide bonds. The molecule has 0 aliphatic carbocycles. The summed E-state index contributed by atoms with van der Waals surface area (Å²) in [6, 6.07) is 13.3. The quantitative estimate of drug-likeness (QED) is 0.555. The predicted octanol–water partition coefficient (Wildman–Crippen LogP) is 1.27. The van der Waals surface area contributed by atoms with E-state index >= 15 is 0 Å². The van der Waals surface area contributed by atoms with Gasteiger partial charge in [-0.25, -0.2) is 9.59 Å². The molecule has 0 spiro atoms. The van der Waals surface area contributed by atoms with Crippen molar-refractivity contribution in [3.8, 4) is 5.75 Å². The van der Waals surface area contributed by atoms with Gasteiger partial charge in [0.05, 0.1) is 11.6 Å². The van der Waals surface area contributed by atoms with E-state index in [0.29, 0.717) is 17.9 Å². The summed E-state index contributed by atoms with van der Waals surface area (Å²) in [6.07, 6.45) is 0.824. The molecule has 5 rings (SSSR count). The van der Waals surface area contributed by atoms with E-state index in [-0.39, 0.29) is 23.9 Å². The average Bonchev–Trinajstić information content (AvgIpc) is 3.25. The molecule has 2 aromatic carbocycles. The summed E-state index contributed by atoms with van der Waals surface area (Å²) in [5.74, 6) is 0.500. The summed E-state index contributed by atoms with van der Waals surface area (Å²) in [5.41, 5.74) is 1.72. The molecule has 2 aliphatic rings. The van der Waals surface area contributed by atoms with E-state index in [2.05, 4.69) is 15.6 Å². The first-order valence-corrected chi connectivity index (χ1v) is 10.4. The van der Waals surface area contributed by atoms with Crippen LogP contribution in [0.25, 0.3) is 0 Å². The lowest BCUT2D eigenvalue weighted by molar-refractivity contribution is -0.120. The number of hydrogen-bond donors (Lipinski definition) is 3. The number of fused-ring (bicyclic) bond motifs is 2. The molecular formula is C23H21N5O5. The lowest BCUT2D eigenvalue weighted by atomic mass is 9.98. The van der Waals surface area contributed by atoms with E-state index in [9.17, 15) is 19.2 Å². The molecule has 33 heavy (non-hydrogen) atoms. The largest absolute Gasteiger partial charge is 0.484 e. The third-order valence-electron chi connectivity index (χ3n) is 5.92. The Bertz CT molecular complexity index is 1380. The molecule has 0 unspecified atom stereocenters. The number of anilines is 2. The van der Waals surface area contributed by atoms with Gasteiger partial charge in [0.2, 0.25) is 0 Å². The fourth-order valence-corrected chi connectivity index (χ4v) is 4.23. The van der Waals surface area contributed by atoms with Crippen molar-refractivity contribution < 1.29 is 14.3 Å². The van der Waals surface area contributed by atoms with Crippen LogP contribution in [0.1, 0.15) is 22.7 Å². The number of benzene rings is 2. The molecule has 0 bridgehead atoms. The lowest BCUT2D eigenvalue weighted by Crippen LogP contribution is -2.46. The van der Waals surface area contributed by atoms with Gasteiger partial charge < -0.3 is 15.0 Å². The van der Waals surface area contributed by atoms with Gasteiger partial charge in [-0.1, -0.05) is 30.3 Å². The van der Waals surface area contributed by atoms with Crippen LogP contribution in [-0.4, -0.2) is 34.6 Å². The van der Waals surface area contributed by atoms with Gasteiger partial charge in [-0.05, 0) is 35.7 Å². The third-order valence-corrected chi connectivity index (χ3v) is 5.92. The maximum atomic E-state index is 12.6. The van der Waals surface area contributed by atoms with E-state index in [1.165, 1.54) is 11.6 Å². The Morgan fingerprint density at radius 3 is 2.64 bits per heavy atom. The van der Waals surface area contributed by atoms with E-state index in [1.54, 1.807) is 29.2 Å². The zero-order valence-corrected chi connectivity index (χ0v) is 17.8. The number of carbonyl (C=O) groups is 2. The van der Waals surface area contributed by atoms with Crippen molar-refractivity contribution in [1.29, 1.82) is 0 Å². The minimum atomic E-state index is -0.749. The molecule has 0 saturated heterocycles. The normalized spacial score (nSPS) is 16.5. The van der Waals surface area contributed by atoms with Crippen LogP contribution in [0.5, 0.6) is 5.75 Å². The first-order valence-electron chi connectivity index (χ1n) is 10.4. The second-order valence-electron chi connectivity index (χ2n) is 7.89. The van der Waals surface area contributed by atoms with Crippen molar-refractivity contribution >= 4 is 23.4 Å². The molecule has 168 valence electrons. The molecule has 0 saturated carbocycles. The van der Waals surface area contributed by atoms with E-state index in [4.69, 9.17) is 4.74 Å². The number of nitrogens with one attached hydrogen (secondary N) is 3. The van der Waals surface area contributed by atoms with Crippen molar-refractivity contribution in [2.45, 2.75) is 12.5 Å². The molecule has 3 aromatic rings. The SMILES string of the molecule is Cn1c2c(c(=O)[nH]c1=O)[C@@H](c1ccc(OCC(=O)N3CCc4ccccc43)cc1)NC(=O)N2. The number of amides is 3. The summed E-state index contributed by atoms with van der Waals surface area (Å²) >= 11 is 0. The van der Waals surface area contributed by atoms with Gasteiger partial charge in [0, 0.05) is 19.3 Å². The molecular weight excluding hydrogens is 426 g/mol. The van der Waals surface area contributed by atoms with Crippen LogP contribution in [0.15, 0.2) is 58.1 Å². The number of aromatic amines is 1. The molecule has 3 heterocycles. The van der Waals surface area contributed by atoms with E-state index < -0.39 is 23.3 Å². The Morgan fingerprint density at radius 1 is 1.09 bits per heavy atom. The van der Waals surface area contributed by atoms with E-state index in [0.717, 1.165) is 17.7 Å². The Labute approximate surface area is 187 Å². The molecule has 0 radical (unpaired) electrons. The number of nitrogens with zero attached hydrogens (tertiary/aromatic N) is 2. The predicted molar refractivity (Wildman–Crippen MR) is 121 cm³/mol. The molecule has 10 nitrogen and oxygen atoms in total. The molecule has 1 atom stereocenters. The minimum absolute atomic E-state index is 0.109. The second-order valence-corrected chi connectivity index (χ2v) is 7.89. The highest BCUT2D eigenvalue weighted by atomic mass is 16.5. The number of hydrogen-bond acceptors (Lipinski definition) is 5. The molecule has 0 fully saturated rings. The van der Waals surface area contributed by atoms with Crippen LogP contribution in [0.2, 0.25) is 0 Å². The van der Waals surface area contributed by atoms with Gasteiger partial charge in [-0.15, -0.1) is 0 Å². The number of ether oxygens (including phenoxy) is 1.